The van der Waals surface area contributed by atoms with Crippen LogP contribution in [0.25, 0.3) is 0 Å². The van der Waals surface area contributed by atoms with Gasteiger partial charge in [0, 0.05) is 33.0 Å². The highest BCUT2D eigenvalue weighted by molar-refractivity contribution is 5.94. The van der Waals surface area contributed by atoms with Crippen molar-refractivity contribution in [1.29, 1.82) is 0 Å². The number of hydrogen-bond acceptors (Lipinski definition) is 5. The Hall–Kier alpha value is -1.66. The van der Waals surface area contributed by atoms with Gasteiger partial charge >= 0.3 is 0 Å². The number of methoxy groups -OCH3 is 2. The zero-order valence-corrected chi connectivity index (χ0v) is 13.3. The molecule has 0 saturated heterocycles. The molecule has 1 aliphatic carbocycles. The van der Waals surface area contributed by atoms with Crippen molar-refractivity contribution >= 4 is 11.7 Å². The minimum absolute atomic E-state index is 0.131. The quantitative estimate of drug-likeness (QED) is 0.752. The summed E-state index contributed by atoms with van der Waals surface area (Å²) in [5, 5.41) is 6.19. The lowest BCUT2D eigenvalue weighted by atomic mass is 9.93. The molecule has 0 radical (unpaired) electrons. The number of nitrogens with zero attached hydrogens (tertiary/aromatic N) is 1. The van der Waals surface area contributed by atoms with E-state index in [1.54, 1.807) is 26.5 Å². The number of anilines is 1. The smallest absolute Gasteiger partial charge is 0.252 e. The van der Waals surface area contributed by atoms with Gasteiger partial charge in [-0.15, -0.1) is 0 Å². The summed E-state index contributed by atoms with van der Waals surface area (Å²) in [7, 11) is 3.37. The molecule has 1 amide bonds. The Morgan fingerprint density at radius 3 is 2.91 bits per heavy atom. The summed E-state index contributed by atoms with van der Waals surface area (Å²) in [4.78, 5) is 16.2. The lowest BCUT2D eigenvalue weighted by Gasteiger charge is -2.29. The van der Waals surface area contributed by atoms with Crippen molar-refractivity contribution in [3.05, 3.63) is 23.9 Å². The number of rotatable bonds is 7. The largest absolute Gasteiger partial charge is 0.383 e. The highest BCUT2D eigenvalue weighted by atomic mass is 16.5. The third-order valence-corrected chi connectivity index (χ3v) is 3.93. The van der Waals surface area contributed by atoms with E-state index < -0.39 is 0 Å². The van der Waals surface area contributed by atoms with E-state index in [1.807, 2.05) is 6.07 Å². The minimum atomic E-state index is -0.131. The highest BCUT2D eigenvalue weighted by Crippen LogP contribution is 2.23. The first-order valence-corrected chi connectivity index (χ1v) is 7.75. The second-order valence-electron chi connectivity index (χ2n) is 5.55. The predicted octanol–water partition coefficient (Wildman–Crippen LogP) is 1.83. The first-order valence-electron chi connectivity index (χ1n) is 7.75. The van der Waals surface area contributed by atoms with Crippen LogP contribution < -0.4 is 10.6 Å². The molecule has 1 fully saturated rings. The average Bonchev–Trinajstić information content (AvgIpc) is 2.56. The number of hydrogen-bond donors (Lipinski definition) is 2. The number of carbonyl (C=O) groups is 1. The van der Waals surface area contributed by atoms with Crippen molar-refractivity contribution in [2.24, 2.45) is 0 Å². The number of nitrogens with one attached hydrogen (secondary N) is 2. The molecule has 2 atom stereocenters. The van der Waals surface area contributed by atoms with Gasteiger partial charge in [0.25, 0.3) is 5.91 Å². The molecule has 1 saturated carbocycles. The topological polar surface area (TPSA) is 72.5 Å². The molecule has 2 N–H and O–H groups in total. The van der Waals surface area contributed by atoms with Gasteiger partial charge in [-0.05, 0) is 37.8 Å². The first-order chi connectivity index (χ1) is 10.7. The summed E-state index contributed by atoms with van der Waals surface area (Å²) in [6.07, 6.45) is 6.34. The zero-order valence-electron chi connectivity index (χ0n) is 13.3. The number of ether oxygens (including phenoxy) is 2. The molecule has 0 bridgehead atoms. The van der Waals surface area contributed by atoms with Crippen LogP contribution in [-0.4, -0.2) is 50.4 Å². The van der Waals surface area contributed by atoms with Crippen molar-refractivity contribution in [2.45, 2.75) is 37.8 Å². The van der Waals surface area contributed by atoms with Crippen LogP contribution in [0.5, 0.6) is 0 Å². The van der Waals surface area contributed by atoms with E-state index in [1.165, 1.54) is 0 Å². The van der Waals surface area contributed by atoms with E-state index in [-0.39, 0.29) is 5.91 Å². The lowest BCUT2D eigenvalue weighted by Crippen LogP contribution is -2.31. The van der Waals surface area contributed by atoms with Crippen molar-refractivity contribution in [3.63, 3.8) is 0 Å². The maximum absolute atomic E-state index is 11.9. The van der Waals surface area contributed by atoms with E-state index in [4.69, 9.17) is 9.47 Å². The summed E-state index contributed by atoms with van der Waals surface area (Å²) in [5.41, 5.74) is 0.556. The highest BCUT2D eigenvalue weighted by Gasteiger charge is 2.21. The SMILES string of the molecule is COCCNC(=O)c1ccc(NC2CCCC(OC)C2)nc1. The third kappa shape index (κ3) is 4.96. The maximum atomic E-state index is 11.9. The Labute approximate surface area is 131 Å². The van der Waals surface area contributed by atoms with E-state index >= 15 is 0 Å². The summed E-state index contributed by atoms with van der Waals surface area (Å²) < 4.78 is 10.3. The zero-order chi connectivity index (χ0) is 15.8. The average molecular weight is 307 g/mol. The van der Waals surface area contributed by atoms with Crippen LogP contribution in [0.3, 0.4) is 0 Å². The fourth-order valence-electron chi connectivity index (χ4n) is 2.68. The second-order valence-corrected chi connectivity index (χ2v) is 5.55. The minimum Gasteiger partial charge on any atom is -0.383 e. The number of amides is 1. The number of carbonyl (C=O) groups excluding carboxylic acids is 1. The van der Waals surface area contributed by atoms with Gasteiger partial charge in [0.05, 0.1) is 18.3 Å². The van der Waals surface area contributed by atoms with Crippen molar-refractivity contribution in [3.8, 4) is 0 Å². The van der Waals surface area contributed by atoms with E-state index in [0.29, 0.717) is 30.9 Å². The van der Waals surface area contributed by atoms with Gasteiger partial charge in [-0.3, -0.25) is 4.79 Å². The Kier molecular flexibility index (Phi) is 6.61. The van der Waals surface area contributed by atoms with Gasteiger partial charge in [0.1, 0.15) is 5.82 Å². The summed E-state index contributed by atoms with van der Waals surface area (Å²) in [5.74, 6) is 0.670. The molecule has 22 heavy (non-hydrogen) atoms. The molecule has 0 aliphatic heterocycles. The molecule has 0 spiro atoms. The molecule has 1 aromatic heterocycles. The molecule has 0 aromatic carbocycles. The van der Waals surface area contributed by atoms with Gasteiger partial charge in [-0.1, -0.05) is 0 Å². The molecular weight excluding hydrogens is 282 g/mol. The molecule has 122 valence electrons. The van der Waals surface area contributed by atoms with Gasteiger partial charge < -0.3 is 20.1 Å². The third-order valence-electron chi connectivity index (χ3n) is 3.93. The Morgan fingerprint density at radius 2 is 2.23 bits per heavy atom. The maximum Gasteiger partial charge on any atom is 0.252 e. The van der Waals surface area contributed by atoms with Crippen LogP contribution in [0.15, 0.2) is 18.3 Å². The molecular formula is C16H25N3O3. The van der Waals surface area contributed by atoms with Crippen molar-refractivity contribution in [1.82, 2.24) is 10.3 Å². The summed E-state index contributed by atoms with van der Waals surface area (Å²) >= 11 is 0. The molecule has 1 heterocycles. The summed E-state index contributed by atoms with van der Waals surface area (Å²) in [6.45, 7) is 0.997. The predicted molar refractivity (Wildman–Crippen MR) is 85.1 cm³/mol. The summed E-state index contributed by atoms with van der Waals surface area (Å²) in [6, 6.07) is 4.02. The fraction of sp³-hybridized carbons (Fsp3) is 0.625. The number of pyridine rings is 1. The number of aromatic nitrogens is 1. The van der Waals surface area contributed by atoms with E-state index in [9.17, 15) is 4.79 Å². The van der Waals surface area contributed by atoms with Gasteiger partial charge in [0.15, 0.2) is 0 Å². The molecule has 2 unspecified atom stereocenters. The standard InChI is InChI=1S/C16H25N3O3/c1-21-9-8-17-16(20)12-6-7-15(18-11-12)19-13-4-3-5-14(10-13)22-2/h6-7,11,13-14H,3-5,8-10H2,1-2H3,(H,17,20)(H,18,19). The monoisotopic (exact) mass is 307 g/mol. The van der Waals surface area contributed by atoms with Crippen LogP contribution in [-0.2, 0) is 9.47 Å². The molecule has 6 heteroatoms. The fourth-order valence-corrected chi connectivity index (χ4v) is 2.68. The molecule has 6 nitrogen and oxygen atoms in total. The van der Waals surface area contributed by atoms with Gasteiger partial charge in [-0.25, -0.2) is 4.98 Å². The lowest BCUT2D eigenvalue weighted by molar-refractivity contribution is 0.0669. The van der Waals surface area contributed by atoms with Gasteiger partial charge in [0.2, 0.25) is 0 Å². The van der Waals surface area contributed by atoms with Gasteiger partial charge in [-0.2, -0.15) is 0 Å². The second kappa shape index (κ2) is 8.70. The van der Waals surface area contributed by atoms with Crippen LogP contribution in [0, 0.1) is 0 Å². The Balaban J connectivity index is 1.84. The van der Waals surface area contributed by atoms with Crippen molar-refractivity contribution < 1.29 is 14.3 Å². The van der Waals surface area contributed by atoms with Crippen LogP contribution in [0.4, 0.5) is 5.82 Å². The van der Waals surface area contributed by atoms with Crippen LogP contribution in [0.2, 0.25) is 0 Å². The van der Waals surface area contributed by atoms with E-state index in [0.717, 1.165) is 31.5 Å². The van der Waals surface area contributed by atoms with Crippen LogP contribution in [0.1, 0.15) is 36.0 Å². The molecule has 1 aromatic rings. The van der Waals surface area contributed by atoms with Crippen LogP contribution >= 0.6 is 0 Å². The molecule has 2 rings (SSSR count). The normalized spacial score (nSPS) is 21.4. The Morgan fingerprint density at radius 1 is 1.36 bits per heavy atom. The first kappa shape index (κ1) is 16.7. The molecule has 1 aliphatic rings. The Bertz CT molecular complexity index is 464. The van der Waals surface area contributed by atoms with E-state index in [2.05, 4.69) is 15.6 Å². The van der Waals surface area contributed by atoms with Crippen molar-refractivity contribution in [2.75, 3.05) is 32.7 Å².